The summed E-state index contributed by atoms with van der Waals surface area (Å²) in [7, 11) is 3.37. The van der Waals surface area contributed by atoms with Crippen molar-refractivity contribution in [3.63, 3.8) is 0 Å². The van der Waals surface area contributed by atoms with E-state index >= 15 is 0 Å². The predicted octanol–water partition coefficient (Wildman–Crippen LogP) is 4.01. The highest BCUT2D eigenvalue weighted by Gasteiger charge is 2.42. The molecule has 0 spiro atoms. The molecule has 2 aromatic carbocycles. The van der Waals surface area contributed by atoms with E-state index in [0.717, 1.165) is 53.0 Å². The van der Waals surface area contributed by atoms with Crippen LogP contribution in [-0.2, 0) is 0 Å². The van der Waals surface area contributed by atoms with Crippen LogP contribution in [0.15, 0.2) is 30.3 Å². The number of fused-ring (bicyclic) bond motifs is 2. The molecule has 0 saturated carbocycles. The largest absolute Gasteiger partial charge is 0.493 e. The number of rotatable bonds is 4. The van der Waals surface area contributed by atoms with E-state index in [2.05, 4.69) is 24.0 Å². The van der Waals surface area contributed by atoms with Gasteiger partial charge in [-0.3, -0.25) is 4.90 Å². The Morgan fingerprint density at radius 2 is 1.69 bits per heavy atom. The first-order chi connectivity index (χ1) is 14.2. The van der Waals surface area contributed by atoms with E-state index in [1.807, 2.05) is 18.2 Å². The van der Waals surface area contributed by atoms with Gasteiger partial charge in [-0.2, -0.15) is 0 Å². The van der Waals surface area contributed by atoms with Gasteiger partial charge in [-0.15, -0.1) is 0 Å². The molecule has 0 unspecified atom stereocenters. The van der Waals surface area contributed by atoms with Gasteiger partial charge in [0.15, 0.2) is 29.2 Å². The van der Waals surface area contributed by atoms with Crippen LogP contribution < -0.4 is 23.7 Å². The van der Waals surface area contributed by atoms with Gasteiger partial charge in [-0.05, 0) is 25.0 Å². The van der Waals surface area contributed by atoms with E-state index in [1.54, 1.807) is 14.2 Å². The Kier molecular flexibility index (Phi) is 4.66. The molecule has 6 heteroatoms. The Morgan fingerprint density at radius 1 is 0.931 bits per heavy atom. The molecule has 0 aliphatic carbocycles. The van der Waals surface area contributed by atoms with Crippen LogP contribution in [0.1, 0.15) is 36.8 Å². The zero-order valence-corrected chi connectivity index (χ0v) is 17.1. The van der Waals surface area contributed by atoms with Crippen LogP contribution in [0.25, 0.3) is 0 Å². The summed E-state index contributed by atoms with van der Waals surface area (Å²) in [6.07, 6.45) is 2.44. The predicted molar refractivity (Wildman–Crippen MR) is 108 cm³/mol. The molecule has 29 heavy (non-hydrogen) atoms. The minimum atomic E-state index is 0.00581. The van der Waals surface area contributed by atoms with Gasteiger partial charge in [0.1, 0.15) is 5.75 Å². The molecule has 6 nitrogen and oxygen atoms in total. The summed E-state index contributed by atoms with van der Waals surface area (Å²) in [4.78, 5) is 2.46. The summed E-state index contributed by atoms with van der Waals surface area (Å²) < 4.78 is 29.2. The average molecular weight is 397 g/mol. The maximum atomic E-state index is 6.55. The number of ether oxygens (including phenoxy) is 5. The van der Waals surface area contributed by atoms with Crippen molar-refractivity contribution in [2.75, 3.05) is 34.1 Å². The SMILES string of the molecule is COc1cccc([C@@H]2c3cc4c(cc3O[C@H](N3CCCC3)[C@H]2C)OCO4)c1OC. The van der Waals surface area contributed by atoms with Gasteiger partial charge in [0.25, 0.3) is 0 Å². The van der Waals surface area contributed by atoms with Crippen LogP contribution in [0.4, 0.5) is 0 Å². The third kappa shape index (κ3) is 2.97. The highest BCUT2D eigenvalue weighted by Crippen LogP contribution is 2.52. The number of nitrogens with zero attached hydrogens (tertiary/aromatic N) is 1. The van der Waals surface area contributed by atoms with Gasteiger partial charge in [0.05, 0.1) is 14.2 Å². The Bertz CT molecular complexity index is 908. The maximum absolute atomic E-state index is 6.55. The molecule has 3 aliphatic rings. The standard InChI is InChI=1S/C23H27NO5/c1-14-21(15-7-6-8-17(25-2)22(15)26-3)16-11-19-20(28-13-27-19)12-18(16)29-23(14)24-9-4-5-10-24/h6-8,11-12,14,21,23H,4-5,9-10,13H2,1-3H3/t14-,21+,23-/m0/s1. The van der Waals surface area contributed by atoms with E-state index < -0.39 is 0 Å². The molecule has 0 aromatic heterocycles. The number of benzene rings is 2. The molecule has 2 aromatic rings. The third-order valence-electron chi connectivity index (χ3n) is 6.33. The van der Waals surface area contributed by atoms with Gasteiger partial charge in [0, 0.05) is 42.1 Å². The summed E-state index contributed by atoms with van der Waals surface area (Å²) in [6, 6.07) is 10.1. The number of hydrogen-bond acceptors (Lipinski definition) is 6. The van der Waals surface area contributed by atoms with Gasteiger partial charge >= 0.3 is 0 Å². The zero-order chi connectivity index (χ0) is 20.0. The molecule has 1 saturated heterocycles. The van der Waals surface area contributed by atoms with Crippen LogP contribution in [-0.4, -0.2) is 45.2 Å². The second kappa shape index (κ2) is 7.34. The monoisotopic (exact) mass is 397 g/mol. The van der Waals surface area contributed by atoms with Gasteiger partial charge in [-0.1, -0.05) is 19.1 Å². The Balaban J connectivity index is 1.67. The molecule has 3 heterocycles. The second-order valence-electron chi connectivity index (χ2n) is 7.91. The molecule has 0 N–H and O–H groups in total. The lowest BCUT2D eigenvalue weighted by molar-refractivity contribution is -0.0180. The fourth-order valence-corrected chi connectivity index (χ4v) is 4.98. The quantitative estimate of drug-likeness (QED) is 0.777. The van der Waals surface area contributed by atoms with Crippen LogP contribution in [0.5, 0.6) is 28.7 Å². The Morgan fingerprint density at radius 3 is 2.41 bits per heavy atom. The summed E-state index contributed by atoms with van der Waals surface area (Å²) in [6.45, 7) is 4.64. The smallest absolute Gasteiger partial charge is 0.231 e. The van der Waals surface area contributed by atoms with Crippen LogP contribution in [0, 0.1) is 5.92 Å². The summed E-state index contributed by atoms with van der Waals surface area (Å²) in [5, 5.41) is 0. The van der Waals surface area contributed by atoms with Crippen molar-refractivity contribution in [2.45, 2.75) is 31.9 Å². The molecular weight excluding hydrogens is 370 g/mol. The first kappa shape index (κ1) is 18.4. The lowest BCUT2D eigenvalue weighted by Crippen LogP contribution is -2.47. The topological polar surface area (TPSA) is 49.4 Å². The van der Waals surface area contributed by atoms with Crippen molar-refractivity contribution in [1.29, 1.82) is 0 Å². The first-order valence-corrected chi connectivity index (χ1v) is 10.3. The van der Waals surface area contributed by atoms with Crippen molar-refractivity contribution in [3.05, 3.63) is 41.5 Å². The van der Waals surface area contributed by atoms with Crippen molar-refractivity contribution in [2.24, 2.45) is 5.92 Å². The van der Waals surface area contributed by atoms with E-state index in [4.69, 9.17) is 23.7 Å². The molecule has 154 valence electrons. The molecule has 0 bridgehead atoms. The van der Waals surface area contributed by atoms with Gasteiger partial charge in [0.2, 0.25) is 6.79 Å². The Labute approximate surface area is 171 Å². The highest BCUT2D eigenvalue weighted by atomic mass is 16.7. The Hall–Kier alpha value is -2.60. The summed E-state index contributed by atoms with van der Waals surface area (Å²) in [5.74, 6) is 4.20. The minimum absolute atomic E-state index is 0.00581. The molecule has 1 fully saturated rings. The first-order valence-electron chi connectivity index (χ1n) is 10.3. The molecule has 3 atom stereocenters. The number of methoxy groups -OCH3 is 2. The van der Waals surface area contributed by atoms with Crippen molar-refractivity contribution in [1.82, 2.24) is 4.90 Å². The van der Waals surface area contributed by atoms with Gasteiger partial charge < -0.3 is 23.7 Å². The minimum Gasteiger partial charge on any atom is -0.493 e. The molecule has 0 amide bonds. The van der Waals surface area contributed by atoms with Crippen molar-refractivity contribution >= 4 is 0 Å². The van der Waals surface area contributed by atoms with Crippen molar-refractivity contribution < 1.29 is 23.7 Å². The second-order valence-corrected chi connectivity index (χ2v) is 7.91. The molecule has 5 rings (SSSR count). The van der Waals surface area contributed by atoms with Crippen LogP contribution >= 0.6 is 0 Å². The zero-order valence-electron chi connectivity index (χ0n) is 17.1. The normalized spacial score (nSPS) is 25.4. The van der Waals surface area contributed by atoms with Crippen LogP contribution in [0.3, 0.4) is 0 Å². The number of hydrogen-bond donors (Lipinski definition) is 0. The number of para-hydroxylation sites is 1. The van der Waals surface area contributed by atoms with E-state index in [-0.39, 0.29) is 24.9 Å². The molecule has 3 aliphatic heterocycles. The lowest BCUT2D eigenvalue weighted by atomic mass is 9.77. The van der Waals surface area contributed by atoms with E-state index in [1.165, 1.54) is 12.8 Å². The van der Waals surface area contributed by atoms with Gasteiger partial charge in [-0.25, -0.2) is 0 Å². The number of likely N-dealkylation sites (tertiary alicyclic amines) is 1. The fourth-order valence-electron chi connectivity index (χ4n) is 4.98. The molecule has 0 radical (unpaired) electrons. The lowest BCUT2D eigenvalue weighted by Gasteiger charge is -2.42. The average Bonchev–Trinajstić information content (AvgIpc) is 3.43. The molecular formula is C23H27NO5. The summed E-state index contributed by atoms with van der Waals surface area (Å²) >= 11 is 0. The maximum Gasteiger partial charge on any atom is 0.231 e. The fraction of sp³-hybridized carbons (Fsp3) is 0.478. The van der Waals surface area contributed by atoms with E-state index in [0.29, 0.717) is 0 Å². The third-order valence-corrected chi connectivity index (χ3v) is 6.33. The van der Waals surface area contributed by atoms with Crippen molar-refractivity contribution in [3.8, 4) is 28.7 Å². The highest BCUT2D eigenvalue weighted by molar-refractivity contribution is 5.59. The van der Waals surface area contributed by atoms with Crippen LogP contribution in [0.2, 0.25) is 0 Å². The van der Waals surface area contributed by atoms with E-state index in [9.17, 15) is 0 Å². The summed E-state index contributed by atoms with van der Waals surface area (Å²) in [5.41, 5.74) is 2.20.